The summed E-state index contributed by atoms with van der Waals surface area (Å²) in [5.74, 6) is -0.281. The lowest BCUT2D eigenvalue weighted by Crippen LogP contribution is -2.36. The number of hydrogen-bond acceptors (Lipinski definition) is 4. The van der Waals surface area contributed by atoms with Crippen molar-refractivity contribution in [1.82, 2.24) is 10.3 Å². The fourth-order valence-corrected chi connectivity index (χ4v) is 1.79. The highest BCUT2D eigenvalue weighted by Gasteiger charge is 2.30. The van der Waals surface area contributed by atoms with E-state index in [2.05, 4.69) is 10.3 Å². The number of aliphatic hydroxyl groups excluding tert-OH is 1. The van der Waals surface area contributed by atoms with Gasteiger partial charge < -0.3 is 10.4 Å². The maximum Gasteiger partial charge on any atom is 0.417 e. The molecule has 2 N–H and O–H groups in total. The largest absolute Gasteiger partial charge is 0.417 e. The van der Waals surface area contributed by atoms with Gasteiger partial charge in [-0.1, -0.05) is 11.8 Å². The number of pyridine rings is 1. The number of nitrogens with zero attached hydrogens (tertiary/aromatic N) is 1. The fraction of sp³-hybridized carbons (Fsp3) is 0.455. The van der Waals surface area contributed by atoms with Crippen molar-refractivity contribution < 1.29 is 23.1 Å². The maximum absolute atomic E-state index is 12.3. The molecule has 0 saturated carbocycles. The Labute approximate surface area is 112 Å². The second-order valence-corrected chi connectivity index (χ2v) is 4.82. The van der Waals surface area contributed by atoms with Gasteiger partial charge in [0.1, 0.15) is 0 Å². The van der Waals surface area contributed by atoms with Crippen molar-refractivity contribution in [2.24, 2.45) is 0 Å². The van der Waals surface area contributed by atoms with Crippen LogP contribution in [0.15, 0.2) is 23.4 Å². The summed E-state index contributed by atoms with van der Waals surface area (Å²) in [6, 6.07) is 1.79. The molecule has 0 aliphatic heterocycles. The number of thioether (sulfide) groups is 1. The Balaban J connectivity index is 2.48. The zero-order valence-corrected chi connectivity index (χ0v) is 10.9. The quantitative estimate of drug-likeness (QED) is 0.811. The molecular formula is C11H13F3N2O2S. The molecule has 0 spiro atoms. The first-order valence-electron chi connectivity index (χ1n) is 5.39. The molecule has 4 nitrogen and oxygen atoms in total. The molecule has 1 amide bonds. The van der Waals surface area contributed by atoms with E-state index in [-0.39, 0.29) is 24.3 Å². The molecule has 8 heteroatoms. The highest BCUT2D eigenvalue weighted by atomic mass is 32.2. The lowest BCUT2D eigenvalue weighted by Gasteiger charge is -2.10. The van der Waals surface area contributed by atoms with Gasteiger partial charge in [0, 0.05) is 12.2 Å². The summed E-state index contributed by atoms with van der Waals surface area (Å²) in [5, 5.41) is 11.6. The number of carbonyl (C=O) groups is 1. The first-order valence-corrected chi connectivity index (χ1v) is 6.37. The van der Waals surface area contributed by atoms with E-state index in [4.69, 9.17) is 5.11 Å². The molecule has 19 heavy (non-hydrogen) atoms. The average molecular weight is 294 g/mol. The number of hydrogen-bond donors (Lipinski definition) is 2. The predicted octanol–water partition coefficient (Wildman–Crippen LogP) is 1.69. The topological polar surface area (TPSA) is 62.2 Å². The summed E-state index contributed by atoms with van der Waals surface area (Å²) in [5.41, 5.74) is -0.824. The van der Waals surface area contributed by atoms with Crippen LogP contribution in [0, 0.1) is 0 Å². The molecule has 0 bridgehead atoms. The van der Waals surface area contributed by atoms with Gasteiger partial charge in [0.2, 0.25) is 5.91 Å². The minimum Gasteiger partial charge on any atom is -0.394 e. The zero-order valence-electron chi connectivity index (χ0n) is 10.1. The molecule has 1 rings (SSSR count). The van der Waals surface area contributed by atoms with E-state index < -0.39 is 11.7 Å². The number of aromatic nitrogens is 1. The normalized spacial score (nSPS) is 13.1. The molecule has 1 atom stereocenters. The molecule has 106 valence electrons. The summed E-state index contributed by atoms with van der Waals surface area (Å²) in [6.07, 6.45) is -3.68. The van der Waals surface area contributed by atoms with Crippen molar-refractivity contribution >= 4 is 17.7 Å². The van der Waals surface area contributed by atoms with Crippen LogP contribution in [0.3, 0.4) is 0 Å². The summed E-state index contributed by atoms with van der Waals surface area (Å²) in [7, 11) is 0. The second kappa shape index (κ2) is 6.76. The molecule has 1 aromatic rings. The molecule has 0 aliphatic rings. The molecule has 0 aromatic carbocycles. The second-order valence-electron chi connectivity index (χ2n) is 3.82. The Morgan fingerprint density at radius 2 is 2.21 bits per heavy atom. The van der Waals surface area contributed by atoms with E-state index in [9.17, 15) is 18.0 Å². The van der Waals surface area contributed by atoms with Gasteiger partial charge in [-0.3, -0.25) is 4.79 Å². The highest BCUT2D eigenvalue weighted by molar-refractivity contribution is 7.99. The average Bonchev–Trinajstić information content (AvgIpc) is 2.35. The van der Waals surface area contributed by atoms with Crippen LogP contribution in [0.25, 0.3) is 0 Å². The molecule has 0 radical (unpaired) electrons. The Kier molecular flexibility index (Phi) is 5.61. The van der Waals surface area contributed by atoms with Gasteiger partial charge in [-0.15, -0.1) is 0 Å². The third kappa shape index (κ3) is 5.48. The van der Waals surface area contributed by atoms with E-state index >= 15 is 0 Å². The molecular weight excluding hydrogens is 281 g/mol. The van der Waals surface area contributed by atoms with Crippen molar-refractivity contribution in [2.45, 2.75) is 24.2 Å². The predicted molar refractivity (Wildman–Crippen MR) is 64.7 cm³/mol. The van der Waals surface area contributed by atoms with Crippen molar-refractivity contribution in [3.63, 3.8) is 0 Å². The van der Waals surface area contributed by atoms with Crippen molar-refractivity contribution in [2.75, 3.05) is 12.4 Å². The number of aliphatic hydroxyl groups is 1. The van der Waals surface area contributed by atoms with Gasteiger partial charge in [0.15, 0.2) is 0 Å². The van der Waals surface area contributed by atoms with Gasteiger partial charge in [-0.05, 0) is 19.1 Å². The lowest BCUT2D eigenvalue weighted by molar-refractivity contribution is -0.137. The summed E-state index contributed by atoms with van der Waals surface area (Å²) < 4.78 is 36.8. The maximum atomic E-state index is 12.3. The molecule has 1 heterocycles. The molecule has 0 fully saturated rings. The molecule has 0 unspecified atom stereocenters. The van der Waals surface area contributed by atoms with Gasteiger partial charge in [-0.25, -0.2) is 4.98 Å². The third-order valence-electron chi connectivity index (χ3n) is 2.10. The summed E-state index contributed by atoms with van der Waals surface area (Å²) in [6.45, 7) is 1.47. The van der Waals surface area contributed by atoms with E-state index in [0.717, 1.165) is 24.0 Å². The van der Waals surface area contributed by atoms with Crippen LogP contribution in [-0.4, -0.2) is 34.4 Å². The van der Waals surface area contributed by atoms with Crippen molar-refractivity contribution in [3.05, 3.63) is 23.9 Å². The van der Waals surface area contributed by atoms with Gasteiger partial charge in [-0.2, -0.15) is 13.2 Å². The first kappa shape index (κ1) is 15.8. The minimum absolute atomic E-state index is 0.0305. The molecule has 0 saturated heterocycles. The highest BCUT2D eigenvalue weighted by Crippen LogP contribution is 2.29. The van der Waals surface area contributed by atoms with E-state index in [1.165, 1.54) is 6.07 Å². The Morgan fingerprint density at radius 3 is 2.68 bits per heavy atom. The summed E-state index contributed by atoms with van der Waals surface area (Å²) in [4.78, 5) is 15.0. The standard InChI is InChI=1S/C11H13F3N2O2S/c1-7(5-17)16-9(18)6-19-10-3-2-8(4-15-10)11(12,13)14/h2-4,7,17H,5-6H2,1H3,(H,16,18)/t7-/m0/s1. The minimum atomic E-state index is -4.41. The smallest absolute Gasteiger partial charge is 0.394 e. The molecule has 1 aromatic heterocycles. The van der Waals surface area contributed by atoms with Crippen LogP contribution in [0.5, 0.6) is 0 Å². The zero-order chi connectivity index (χ0) is 14.5. The lowest BCUT2D eigenvalue weighted by atomic mass is 10.3. The van der Waals surface area contributed by atoms with Gasteiger partial charge >= 0.3 is 6.18 Å². The number of rotatable bonds is 5. The van der Waals surface area contributed by atoms with Crippen LogP contribution < -0.4 is 5.32 Å². The van der Waals surface area contributed by atoms with Crippen LogP contribution in [0.4, 0.5) is 13.2 Å². The number of amides is 1. The molecule has 0 aliphatic carbocycles. The Hall–Kier alpha value is -1.28. The SMILES string of the molecule is C[C@@H](CO)NC(=O)CSc1ccc(C(F)(F)F)cn1. The summed E-state index contributed by atoms with van der Waals surface area (Å²) >= 11 is 1.03. The van der Waals surface area contributed by atoms with Crippen molar-refractivity contribution in [3.8, 4) is 0 Å². The van der Waals surface area contributed by atoms with Crippen LogP contribution in [0.2, 0.25) is 0 Å². The van der Waals surface area contributed by atoms with E-state index in [0.29, 0.717) is 5.03 Å². The Bertz CT molecular complexity index is 423. The number of alkyl halides is 3. The van der Waals surface area contributed by atoms with Gasteiger partial charge in [0.05, 0.1) is 22.9 Å². The van der Waals surface area contributed by atoms with Crippen LogP contribution in [0.1, 0.15) is 12.5 Å². The van der Waals surface area contributed by atoms with Gasteiger partial charge in [0.25, 0.3) is 0 Å². The van der Waals surface area contributed by atoms with E-state index in [1.54, 1.807) is 6.92 Å². The van der Waals surface area contributed by atoms with Crippen LogP contribution >= 0.6 is 11.8 Å². The Morgan fingerprint density at radius 1 is 1.53 bits per heavy atom. The van der Waals surface area contributed by atoms with Crippen molar-refractivity contribution in [1.29, 1.82) is 0 Å². The fourth-order valence-electron chi connectivity index (χ4n) is 1.13. The van der Waals surface area contributed by atoms with Crippen LogP contribution in [-0.2, 0) is 11.0 Å². The number of halogens is 3. The number of carbonyl (C=O) groups excluding carboxylic acids is 1. The number of nitrogens with one attached hydrogen (secondary N) is 1. The monoisotopic (exact) mass is 294 g/mol. The first-order chi connectivity index (χ1) is 8.82. The third-order valence-corrected chi connectivity index (χ3v) is 3.04. The van der Waals surface area contributed by atoms with E-state index in [1.807, 2.05) is 0 Å².